The standard InChI is InChI=1S/C15H13ClO2/c1-3-5-12(6-4-2)11-13-7-9-14(10-8-13)18-15(16)17/h1-2,7-10,12H,5-6,11H2. The molecule has 1 aromatic rings. The quantitative estimate of drug-likeness (QED) is 0.597. The summed E-state index contributed by atoms with van der Waals surface area (Å²) < 4.78 is 4.73. The van der Waals surface area contributed by atoms with Gasteiger partial charge in [-0.05, 0) is 30.0 Å². The fourth-order valence-corrected chi connectivity index (χ4v) is 1.76. The Kier molecular flexibility index (Phi) is 5.85. The molecule has 0 unspecified atom stereocenters. The van der Waals surface area contributed by atoms with Crippen LogP contribution in [0.5, 0.6) is 5.75 Å². The first-order valence-electron chi connectivity index (χ1n) is 5.49. The van der Waals surface area contributed by atoms with Gasteiger partial charge in [-0.3, -0.25) is 0 Å². The van der Waals surface area contributed by atoms with Gasteiger partial charge >= 0.3 is 5.43 Å². The normalized spacial score (nSPS) is 9.56. The maximum Gasteiger partial charge on any atom is 0.409 e. The van der Waals surface area contributed by atoms with Gasteiger partial charge in [0.1, 0.15) is 5.75 Å². The SMILES string of the molecule is C#CCC(CC#C)Cc1ccc(OC(=O)Cl)cc1. The van der Waals surface area contributed by atoms with E-state index >= 15 is 0 Å². The van der Waals surface area contributed by atoms with Gasteiger partial charge in [0.15, 0.2) is 0 Å². The number of rotatable bonds is 5. The molecule has 2 nitrogen and oxygen atoms in total. The summed E-state index contributed by atoms with van der Waals surface area (Å²) in [5.41, 5.74) is 0.250. The van der Waals surface area contributed by atoms with Gasteiger partial charge in [0.05, 0.1) is 0 Å². The molecule has 0 N–H and O–H groups in total. The Morgan fingerprint density at radius 2 is 1.78 bits per heavy atom. The molecule has 0 aromatic heterocycles. The highest BCUT2D eigenvalue weighted by Gasteiger charge is 2.08. The third kappa shape index (κ3) is 4.95. The topological polar surface area (TPSA) is 26.3 Å². The Balaban J connectivity index is 2.65. The minimum absolute atomic E-state index is 0.279. The van der Waals surface area contributed by atoms with Crippen molar-refractivity contribution in [2.45, 2.75) is 19.3 Å². The first-order chi connectivity index (χ1) is 8.65. The summed E-state index contributed by atoms with van der Waals surface area (Å²) in [6.07, 6.45) is 12.7. The third-order valence-corrected chi connectivity index (χ3v) is 2.54. The molecule has 0 radical (unpaired) electrons. The van der Waals surface area contributed by atoms with Crippen LogP contribution in [0.1, 0.15) is 18.4 Å². The maximum atomic E-state index is 10.5. The van der Waals surface area contributed by atoms with Crippen molar-refractivity contribution in [3.05, 3.63) is 29.8 Å². The zero-order valence-corrected chi connectivity index (χ0v) is 10.6. The number of carbonyl (C=O) groups is 1. The van der Waals surface area contributed by atoms with Crippen LogP contribution in [0.2, 0.25) is 0 Å². The van der Waals surface area contributed by atoms with Crippen molar-refractivity contribution in [1.82, 2.24) is 0 Å². The molecule has 0 bridgehead atoms. The van der Waals surface area contributed by atoms with Crippen molar-refractivity contribution in [2.24, 2.45) is 5.92 Å². The molecule has 3 heteroatoms. The van der Waals surface area contributed by atoms with Crippen LogP contribution in [0.15, 0.2) is 24.3 Å². The lowest BCUT2D eigenvalue weighted by atomic mass is 9.94. The minimum atomic E-state index is -0.847. The van der Waals surface area contributed by atoms with E-state index in [0.717, 1.165) is 12.0 Å². The predicted octanol–water partition coefficient (Wildman–Crippen LogP) is 3.63. The molecular weight excluding hydrogens is 248 g/mol. The second kappa shape index (κ2) is 7.43. The molecule has 92 valence electrons. The number of halogens is 1. The minimum Gasteiger partial charge on any atom is -0.415 e. The van der Waals surface area contributed by atoms with Crippen molar-refractivity contribution < 1.29 is 9.53 Å². The second-order valence-electron chi connectivity index (χ2n) is 3.87. The fourth-order valence-electron chi connectivity index (χ4n) is 1.67. The number of benzene rings is 1. The zero-order chi connectivity index (χ0) is 13.4. The summed E-state index contributed by atoms with van der Waals surface area (Å²) in [6.45, 7) is 0. The van der Waals surface area contributed by atoms with Crippen molar-refractivity contribution in [2.75, 3.05) is 0 Å². The van der Waals surface area contributed by atoms with Gasteiger partial charge in [0, 0.05) is 24.4 Å². The lowest BCUT2D eigenvalue weighted by molar-refractivity contribution is 0.225. The van der Waals surface area contributed by atoms with Crippen molar-refractivity contribution in [1.29, 1.82) is 0 Å². The van der Waals surface area contributed by atoms with E-state index in [4.69, 9.17) is 29.2 Å². The first-order valence-corrected chi connectivity index (χ1v) is 5.86. The Labute approximate surface area is 112 Å². The number of hydrogen-bond acceptors (Lipinski definition) is 2. The largest absolute Gasteiger partial charge is 0.415 e. The van der Waals surface area contributed by atoms with E-state index in [9.17, 15) is 4.79 Å². The van der Waals surface area contributed by atoms with Gasteiger partial charge in [-0.25, -0.2) is 4.79 Å². The molecule has 0 fully saturated rings. The molecule has 0 heterocycles. The molecule has 0 atom stereocenters. The Hall–Kier alpha value is -1.90. The molecule has 1 rings (SSSR count). The highest BCUT2D eigenvalue weighted by Crippen LogP contribution is 2.19. The Morgan fingerprint density at radius 1 is 1.22 bits per heavy atom. The van der Waals surface area contributed by atoms with Gasteiger partial charge in [-0.1, -0.05) is 12.1 Å². The van der Waals surface area contributed by atoms with Crippen LogP contribution < -0.4 is 4.74 Å². The lowest BCUT2D eigenvalue weighted by Crippen LogP contribution is -2.03. The maximum absolute atomic E-state index is 10.5. The van der Waals surface area contributed by atoms with Crippen molar-refractivity contribution in [3.8, 4) is 30.4 Å². The van der Waals surface area contributed by atoms with Gasteiger partial charge in [0.25, 0.3) is 0 Å². The smallest absolute Gasteiger partial charge is 0.409 e. The Bertz CT molecular complexity index is 461. The van der Waals surface area contributed by atoms with Crippen LogP contribution in [0.3, 0.4) is 0 Å². The summed E-state index contributed by atoms with van der Waals surface area (Å²) in [5.74, 6) is 5.96. The van der Waals surface area contributed by atoms with Crippen LogP contribution in [-0.2, 0) is 6.42 Å². The average molecular weight is 261 g/mol. The Morgan fingerprint density at radius 3 is 2.22 bits per heavy atom. The number of ether oxygens (including phenoxy) is 1. The molecule has 1 aromatic carbocycles. The monoisotopic (exact) mass is 260 g/mol. The summed E-state index contributed by atoms with van der Waals surface area (Å²) in [4.78, 5) is 10.5. The highest BCUT2D eigenvalue weighted by molar-refractivity contribution is 6.61. The van der Waals surface area contributed by atoms with Crippen LogP contribution in [-0.4, -0.2) is 5.43 Å². The molecule has 18 heavy (non-hydrogen) atoms. The van der Waals surface area contributed by atoms with E-state index in [0.29, 0.717) is 18.6 Å². The van der Waals surface area contributed by atoms with Crippen molar-refractivity contribution >= 4 is 17.0 Å². The van der Waals surface area contributed by atoms with Crippen LogP contribution >= 0.6 is 11.6 Å². The van der Waals surface area contributed by atoms with E-state index in [1.165, 1.54) is 0 Å². The van der Waals surface area contributed by atoms with Gasteiger partial charge < -0.3 is 4.74 Å². The van der Waals surface area contributed by atoms with Crippen LogP contribution in [0, 0.1) is 30.6 Å². The van der Waals surface area contributed by atoms with E-state index in [-0.39, 0.29) is 5.92 Å². The summed E-state index contributed by atoms with van der Waals surface area (Å²) in [7, 11) is 0. The fraction of sp³-hybridized carbons (Fsp3) is 0.267. The molecular formula is C15H13ClO2. The summed E-state index contributed by atoms with van der Waals surface area (Å²) >= 11 is 5.11. The lowest BCUT2D eigenvalue weighted by Gasteiger charge is -2.11. The van der Waals surface area contributed by atoms with Crippen molar-refractivity contribution in [3.63, 3.8) is 0 Å². The zero-order valence-electron chi connectivity index (χ0n) is 9.86. The highest BCUT2D eigenvalue weighted by atomic mass is 35.5. The van der Waals surface area contributed by atoms with Gasteiger partial charge in [-0.15, -0.1) is 24.7 Å². The number of carbonyl (C=O) groups excluding carboxylic acids is 1. The third-order valence-electron chi connectivity index (χ3n) is 2.46. The van der Waals surface area contributed by atoms with E-state index in [1.54, 1.807) is 12.1 Å². The van der Waals surface area contributed by atoms with E-state index < -0.39 is 5.43 Å². The summed E-state index contributed by atoms with van der Waals surface area (Å²) in [5, 5.41) is 0. The summed E-state index contributed by atoms with van der Waals surface area (Å²) in [6, 6.07) is 7.13. The average Bonchev–Trinajstić information content (AvgIpc) is 2.31. The van der Waals surface area contributed by atoms with Crippen LogP contribution in [0.4, 0.5) is 4.79 Å². The first kappa shape index (κ1) is 14.2. The molecule has 0 saturated heterocycles. The number of hydrogen-bond donors (Lipinski definition) is 0. The molecule has 0 saturated carbocycles. The second-order valence-corrected chi connectivity index (χ2v) is 4.18. The molecule has 0 spiro atoms. The van der Waals surface area contributed by atoms with E-state index in [2.05, 4.69) is 11.8 Å². The number of terminal acetylenes is 2. The predicted molar refractivity (Wildman–Crippen MR) is 72.4 cm³/mol. The molecule has 0 aliphatic carbocycles. The molecule has 0 aliphatic rings. The van der Waals surface area contributed by atoms with Crippen LogP contribution in [0.25, 0.3) is 0 Å². The van der Waals surface area contributed by atoms with Gasteiger partial charge in [-0.2, -0.15) is 0 Å². The molecule has 0 amide bonds. The molecule has 0 aliphatic heterocycles. The van der Waals surface area contributed by atoms with E-state index in [1.807, 2.05) is 12.1 Å². The van der Waals surface area contributed by atoms with Gasteiger partial charge in [0.2, 0.25) is 0 Å².